The minimum absolute atomic E-state index is 0. The van der Waals surface area contributed by atoms with E-state index in [1.54, 1.807) is 0 Å². The van der Waals surface area contributed by atoms with E-state index < -0.39 is 46.8 Å². The SMILES string of the molecule is O.O.O.O=[N+]([O-])c1cc([N+](=O)[O-])c(S(=O)(=O)[O-])c([N+](=O)[O-])c1.[Na+]. The van der Waals surface area contributed by atoms with Crippen molar-refractivity contribution in [1.82, 2.24) is 0 Å². The maximum Gasteiger partial charge on any atom is 1.00 e. The fourth-order valence-corrected chi connectivity index (χ4v) is 2.00. The zero-order valence-electron chi connectivity index (χ0n) is 11.1. The van der Waals surface area contributed by atoms with Gasteiger partial charge in [0.2, 0.25) is 4.90 Å². The molecule has 0 atom stereocenters. The molecule has 0 spiro atoms. The number of non-ortho nitro benzene ring substituents is 1. The molecule has 0 bridgehead atoms. The van der Waals surface area contributed by atoms with Crippen molar-refractivity contribution in [3.8, 4) is 0 Å². The predicted molar refractivity (Wildman–Crippen MR) is 65.2 cm³/mol. The fraction of sp³-hybridized carbons (Fsp3) is 0. The Kier molecular flexibility index (Phi) is 12.8. The molecule has 0 amide bonds. The largest absolute Gasteiger partial charge is 1.00 e. The second kappa shape index (κ2) is 10.1. The van der Waals surface area contributed by atoms with Crippen LogP contribution in [0.2, 0.25) is 0 Å². The average Bonchev–Trinajstić information content (AvgIpc) is 2.25. The van der Waals surface area contributed by atoms with Gasteiger partial charge in [-0.25, -0.2) is 8.42 Å². The van der Waals surface area contributed by atoms with Crippen LogP contribution in [0.4, 0.5) is 17.1 Å². The van der Waals surface area contributed by atoms with E-state index >= 15 is 0 Å². The fourth-order valence-electron chi connectivity index (χ4n) is 1.22. The molecule has 0 heterocycles. The first-order valence-electron chi connectivity index (χ1n) is 4.13. The van der Waals surface area contributed by atoms with Crippen molar-refractivity contribution >= 4 is 27.2 Å². The summed E-state index contributed by atoms with van der Waals surface area (Å²) in [6.45, 7) is 0. The van der Waals surface area contributed by atoms with Crippen molar-refractivity contribution in [3.05, 3.63) is 42.5 Å². The van der Waals surface area contributed by atoms with Gasteiger partial charge in [-0.15, -0.1) is 0 Å². The first-order chi connectivity index (χ1) is 8.55. The van der Waals surface area contributed by atoms with Gasteiger partial charge in [-0.2, -0.15) is 0 Å². The number of rotatable bonds is 4. The summed E-state index contributed by atoms with van der Waals surface area (Å²) in [6.07, 6.45) is 0. The van der Waals surface area contributed by atoms with Crippen molar-refractivity contribution in [1.29, 1.82) is 0 Å². The van der Waals surface area contributed by atoms with Crippen LogP contribution in [0.25, 0.3) is 0 Å². The summed E-state index contributed by atoms with van der Waals surface area (Å²) in [5.74, 6) is 0. The molecule has 0 fully saturated rings. The number of nitrogens with zero attached hydrogens (tertiary/aromatic N) is 3. The minimum atomic E-state index is -5.55. The Morgan fingerprint density at radius 2 is 1.09 bits per heavy atom. The molecule has 1 aromatic carbocycles. The van der Waals surface area contributed by atoms with Crippen LogP contribution in [-0.4, -0.2) is 44.2 Å². The second-order valence-corrected chi connectivity index (χ2v) is 4.36. The number of nitro groups is 3. The van der Waals surface area contributed by atoms with Crippen molar-refractivity contribution in [2.24, 2.45) is 0 Å². The Hall–Kier alpha value is -1.79. The second-order valence-electron chi connectivity index (χ2n) is 3.04. The Bertz CT molecular complexity index is 668. The molecule has 0 unspecified atom stereocenters. The molecule has 17 heteroatoms. The molecule has 0 saturated heterocycles. The molecule has 1 rings (SSSR count). The van der Waals surface area contributed by atoms with E-state index in [0.717, 1.165) is 0 Å². The van der Waals surface area contributed by atoms with Gasteiger partial charge in [0.25, 0.3) is 5.69 Å². The average molecular weight is 369 g/mol. The number of hydrogen-bond acceptors (Lipinski definition) is 9. The normalized spacial score (nSPS) is 9.09. The van der Waals surface area contributed by atoms with E-state index in [-0.39, 0.29) is 58.1 Å². The topological polar surface area (TPSA) is 281 Å². The van der Waals surface area contributed by atoms with E-state index in [1.807, 2.05) is 0 Å². The molecule has 126 valence electrons. The summed E-state index contributed by atoms with van der Waals surface area (Å²) >= 11 is 0. The van der Waals surface area contributed by atoms with Crippen molar-refractivity contribution in [3.63, 3.8) is 0 Å². The maximum atomic E-state index is 10.8. The number of benzene rings is 1. The molecular formula is C6H8N3NaO12S. The molecule has 0 aliphatic carbocycles. The smallest absolute Gasteiger partial charge is 0.744 e. The van der Waals surface area contributed by atoms with Crippen LogP contribution in [-0.2, 0) is 10.1 Å². The van der Waals surface area contributed by atoms with Crippen LogP contribution in [0.3, 0.4) is 0 Å². The van der Waals surface area contributed by atoms with Gasteiger partial charge in [0.1, 0.15) is 10.1 Å². The molecule has 23 heavy (non-hydrogen) atoms. The molecular weight excluding hydrogens is 361 g/mol. The maximum absolute atomic E-state index is 10.8. The van der Waals surface area contributed by atoms with Crippen LogP contribution in [0.5, 0.6) is 0 Å². The molecule has 0 saturated carbocycles. The Labute approximate surface area is 148 Å². The molecule has 0 radical (unpaired) electrons. The summed E-state index contributed by atoms with van der Waals surface area (Å²) < 4.78 is 32.5. The van der Waals surface area contributed by atoms with Gasteiger partial charge in [-0.1, -0.05) is 0 Å². The summed E-state index contributed by atoms with van der Waals surface area (Å²) in [5.41, 5.74) is -4.11. The van der Waals surface area contributed by atoms with Gasteiger partial charge in [-0.05, 0) is 0 Å². The van der Waals surface area contributed by atoms with E-state index in [1.165, 1.54) is 0 Å². The third-order valence-corrected chi connectivity index (χ3v) is 2.81. The van der Waals surface area contributed by atoms with E-state index in [2.05, 4.69) is 0 Å². The zero-order valence-corrected chi connectivity index (χ0v) is 13.9. The molecule has 15 nitrogen and oxygen atoms in total. The van der Waals surface area contributed by atoms with Gasteiger partial charge in [0.15, 0.2) is 0 Å². The summed E-state index contributed by atoms with van der Waals surface area (Å²) in [5, 5.41) is 31.6. The number of hydrogen-bond donors (Lipinski definition) is 0. The quantitative estimate of drug-likeness (QED) is 0.212. The van der Waals surface area contributed by atoms with Crippen molar-refractivity contribution in [2.75, 3.05) is 0 Å². The Morgan fingerprint density at radius 3 is 1.26 bits per heavy atom. The van der Waals surface area contributed by atoms with Crippen molar-refractivity contribution in [2.45, 2.75) is 4.90 Å². The van der Waals surface area contributed by atoms with E-state index in [4.69, 9.17) is 0 Å². The van der Waals surface area contributed by atoms with Gasteiger partial charge >= 0.3 is 40.9 Å². The molecule has 0 aliphatic rings. The van der Waals surface area contributed by atoms with Gasteiger partial charge in [-0.3, -0.25) is 30.3 Å². The molecule has 0 aliphatic heterocycles. The van der Waals surface area contributed by atoms with Gasteiger partial charge in [0.05, 0.1) is 26.9 Å². The summed E-state index contributed by atoms with van der Waals surface area (Å²) in [7, 11) is -5.55. The zero-order chi connectivity index (χ0) is 15.0. The molecule has 0 aromatic heterocycles. The summed E-state index contributed by atoms with van der Waals surface area (Å²) in [6, 6.07) is 0.329. The van der Waals surface area contributed by atoms with Crippen LogP contribution in [0, 0.1) is 30.3 Å². The van der Waals surface area contributed by atoms with Crippen LogP contribution >= 0.6 is 0 Å². The van der Waals surface area contributed by atoms with Crippen molar-refractivity contribution < 1.29 is 73.7 Å². The Balaban J connectivity index is -0.000000451. The van der Waals surface area contributed by atoms with Gasteiger partial charge < -0.3 is 21.0 Å². The van der Waals surface area contributed by atoms with Crippen LogP contribution < -0.4 is 29.6 Å². The van der Waals surface area contributed by atoms with Crippen LogP contribution in [0.15, 0.2) is 17.0 Å². The number of nitro benzene ring substituents is 3. The van der Waals surface area contributed by atoms with E-state index in [9.17, 15) is 43.3 Å². The van der Waals surface area contributed by atoms with Gasteiger partial charge in [0, 0.05) is 0 Å². The first kappa shape index (κ1) is 29.2. The minimum Gasteiger partial charge on any atom is -0.744 e. The third-order valence-electron chi connectivity index (χ3n) is 1.89. The standard InChI is InChI=1S/C6H3N3O9S.Na.3H2O/c10-7(11)3-1-4(8(12)13)6(19(16,17)18)5(2-3)9(14)15;;;;/h1-2H,(H,16,17,18);;3*1H2/q;+1;;;/p-1. The third kappa shape index (κ3) is 6.46. The first-order valence-corrected chi connectivity index (χ1v) is 5.53. The predicted octanol–water partition coefficient (Wildman–Crippen LogP) is -5.15. The molecule has 1 aromatic rings. The summed E-state index contributed by atoms with van der Waals surface area (Å²) in [4.78, 5) is 25.8. The Morgan fingerprint density at radius 1 is 0.783 bits per heavy atom. The molecule has 6 N–H and O–H groups in total. The van der Waals surface area contributed by atoms with E-state index in [0.29, 0.717) is 0 Å². The van der Waals surface area contributed by atoms with Crippen LogP contribution in [0.1, 0.15) is 0 Å². The monoisotopic (exact) mass is 369 g/mol.